The van der Waals surface area contributed by atoms with Crippen LogP contribution in [-0.4, -0.2) is 65.8 Å². The minimum absolute atomic E-state index is 0.0858. The normalized spacial score (nSPS) is 14.4. The van der Waals surface area contributed by atoms with Crippen LogP contribution in [0.25, 0.3) is 0 Å². The molecule has 3 rings (SSSR count). The second-order valence-corrected chi connectivity index (χ2v) is 8.19. The van der Waals surface area contributed by atoms with Gasteiger partial charge in [-0.3, -0.25) is 14.5 Å². The fourth-order valence-electron chi connectivity index (χ4n) is 3.80. The van der Waals surface area contributed by atoms with E-state index in [1.54, 1.807) is 17.0 Å². The van der Waals surface area contributed by atoms with E-state index in [1.807, 2.05) is 4.90 Å². The number of rotatable bonds is 9. The molecule has 5 nitrogen and oxygen atoms in total. The fourth-order valence-corrected chi connectivity index (χ4v) is 3.80. The number of unbranched alkanes of at least 4 members (excludes halogenated alkanes) is 1. The molecule has 0 saturated carbocycles. The highest BCUT2D eigenvalue weighted by Gasteiger charge is 2.23. The monoisotopic (exact) mass is 443 g/mol. The molecule has 172 valence electrons. The SMILES string of the molecule is CCCCC(=O)N(CCN1CCN(C(=O)c2ccc(F)cc2)CC1)Cc1ccc(F)cc1. The van der Waals surface area contributed by atoms with E-state index in [2.05, 4.69) is 11.8 Å². The molecule has 2 amide bonds. The van der Waals surface area contributed by atoms with Gasteiger partial charge in [0.15, 0.2) is 0 Å². The van der Waals surface area contributed by atoms with Gasteiger partial charge in [-0.2, -0.15) is 0 Å². The summed E-state index contributed by atoms with van der Waals surface area (Å²) >= 11 is 0. The first-order valence-electron chi connectivity index (χ1n) is 11.3. The molecule has 0 aliphatic carbocycles. The van der Waals surface area contributed by atoms with E-state index in [4.69, 9.17) is 0 Å². The van der Waals surface area contributed by atoms with E-state index in [1.165, 1.54) is 36.4 Å². The predicted octanol–water partition coefficient (Wildman–Crippen LogP) is 3.94. The first-order valence-corrected chi connectivity index (χ1v) is 11.3. The molecule has 1 fully saturated rings. The summed E-state index contributed by atoms with van der Waals surface area (Å²) in [6, 6.07) is 11.9. The van der Waals surface area contributed by atoms with Crippen molar-refractivity contribution in [2.75, 3.05) is 39.3 Å². The summed E-state index contributed by atoms with van der Waals surface area (Å²) in [6.07, 6.45) is 2.32. The Kier molecular flexibility index (Phi) is 8.73. The quantitative estimate of drug-likeness (QED) is 0.590. The van der Waals surface area contributed by atoms with Gasteiger partial charge in [-0.1, -0.05) is 25.5 Å². The van der Waals surface area contributed by atoms with Crippen LogP contribution in [0.15, 0.2) is 48.5 Å². The summed E-state index contributed by atoms with van der Waals surface area (Å²) < 4.78 is 26.3. The van der Waals surface area contributed by atoms with Gasteiger partial charge in [0.1, 0.15) is 11.6 Å². The molecule has 2 aromatic carbocycles. The van der Waals surface area contributed by atoms with Gasteiger partial charge < -0.3 is 9.80 Å². The summed E-state index contributed by atoms with van der Waals surface area (Å²) in [5, 5.41) is 0. The molecule has 1 saturated heterocycles. The van der Waals surface area contributed by atoms with E-state index in [-0.39, 0.29) is 23.4 Å². The number of halogens is 2. The third-order valence-electron chi connectivity index (χ3n) is 5.82. The Hall–Kier alpha value is -2.80. The summed E-state index contributed by atoms with van der Waals surface area (Å²) in [7, 11) is 0. The third-order valence-corrected chi connectivity index (χ3v) is 5.82. The lowest BCUT2D eigenvalue weighted by Crippen LogP contribution is -2.50. The van der Waals surface area contributed by atoms with Crippen molar-refractivity contribution in [1.29, 1.82) is 0 Å². The molecule has 0 atom stereocenters. The van der Waals surface area contributed by atoms with Crippen molar-refractivity contribution in [3.8, 4) is 0 Å². The number of benzene rings is 2. The zero-order chi connectivity index (χ0) is 22.9. The first kappa shape index (κ1) is 23.9. The van der Waals surface area contributed by atoms with Crippen LogP contribution in [-0.2, 0) is 11.3 Å². The van der Waals surface area contributed by atoms with Crippen molar-refractivity contribution in [2.45, 2.75) is 32.7 Å². The predicted molar refractivity (Wildman–Crippen MR) is 120 cm³/mol. The van der Waals surface area contributed by atoms with Crippen LogP contribution >= 0.6 is 0 Å². The molecule has 0 unspecified atom stereocenters. The van der Waals surface area contributed by atoms with E-state index in [0.29, 0.717) is 38.2 Å². The van der Waals surface area contributed by atoms with Gasteiger partial charge in [0, 0.05) is 57.8 Å². The van der Waals surface area contributed by atoms with Gasteiger partial charge in [0.05, 0.1) is 0 Å². The molecule has 32 heavy (non-hydrogen) atoms. The zero-order valence-corrected chi connectivity index (χ0v) is 18.6. The molecule has 1 heterocycles. The largest absolute Gasteiger partial charge is 0.337 e. The van der Waals surface area contributed by atoms with Crippen molar-refractivity contribution < 1.29 is 18.4 Å². The Morgan fingerprint density at radius 3 is 2.09 bits per heavy atom. The fraction of sp³-hybridized carbons (Fsp3) is 0.440. The second kappa shape index (κ2) is 11.7. The van der Waals surface area contributed by atoms with Crippen LogP contribution in [0.1, 0.15) is 42.1 Å². The molecule has 7 heteroatoms. The highest BCUT2D eigenvalue weighted by molar-refractivity contribution is 5.94. The van der Waals surface area contributed by atoms with Crippen LogP contribution < -0.4 is 0 Å². The number of hydrogen-bond donors (Lipinski definition) is 0. The number of nitrogens with zero attached hydrogens (tertiary/aromatic N) is 3. The molecule has 0 bridgehead atoms. The van der Waals surface area contributed by atoms with Gasteiger partial charge in [-0.25, -0.2) is 8.78 Å². The Balaban J connectivity index is 1.52. The Labute approximate surface area is 188 Å². The minimum atomic E-state index is -0.356. The highest BCUT2D eigenvalue weighted by Crippen LogP contribution is 2.12. The third kappa shape index (κ3) is 6.85. The van der Waals surface area contributed by atoms with Crippen LogP contribution in [0.3, 0.4) is 0 Å². The standard InChI is InChI=1S/C25H31F2N3O2/c1-2-3-4-24(31)30(19-20-5-9-22(26)10-6-20)18-15-28-13-16-29(17-14-28)25(32)21-7-11-23(27)12-8-21/h5-12H,2-4,13-19H2,1H3. The number of carbonyl (C=O) groups is 2. The molecule has 2 aromatic rings. The maximum atomic E-state index is 13.2. The molecular weight excluding hydrogens is 412 g/mol. The topological polar surface area (TPSA) is 43.9 Å². The number of hydrogen-bond acceptors (Lipinski definition) is 3. The number of piperazine rings is 1. The second-order valence-electron chi connectivity index (χ2n) is 8.19. The summed E-state index contributed by atoms with van der Waals surface area (Å²) in [4.78, 5) is 31.2. The number of carbonyl (C=O) groups excluding carboxylic acids is 2. The van der Waals surface area contributed by atoms with Crippen LogP contribution in [0, 0.1) is 11.6 Å². The zero-order valence-electron chi connectivity index (χ0n) is 18.6. The maximum absolute atomic E-state index is 13.2. The molecule has 1 aliphatic rings. The lowest BCUT2D eigenvalue weighted by molar-refractivity contribution is -0.132. The van der Waals surface area contributed by atoms with Crippen LogP contribution in [0.5, 0.6) is 0 Å². The smallest absolute Gasteiger partial charge is 0.253 e. The van der Waals surface area contributed by atoms with Gasteiger partial charge in [-0.05, 0) is 48.4 Å². The van der Waals surface area contributed by atoms with Crippen molar-refractivity contribution in [3.63, 3.8) is 0 Å². The van der Waals surface area contributed by atoms with Crippen LogP contribution in [0.4, 0.5) is 8.78 Å². The molecular formula is C25H31F2N3O2. The van der Waals surface area contributed by atoms with Gasteiger partial charge >= 0.3 is 0 Å². The van der Waals surface area contributed by atoms with Gasteiger partial charge in [0.25, 0.3) is 5.91 Å². The molecule has 1 aliphatic heterocycles. The maximum Gasteiger partial charge on any atom is 0.253 e. The van der Waals surface area contributed by atoms with E-state index in [9.17, 15) is 18.4 Å². The van der Waals surface area contributed by atoms with E-state index >= 15 is 0 Å². The van der Waals surface area contributed by atoms with Crippen molar-refractivity contribution in [1.82, 2.24) is 14.7 Å². The van der Waals surface area contributed by atoms with Gasteiger partial charge in [0.2, 0.25) is 5.91 Å². The van der Waals surface area contributed by atoms with E-state index in [0.717, 1.165) is 38.0 Å². The Morgan fingerprint density at radius 1 is 0.906 bits per heavy atom. The Bertz CT molecular complexity index is 879. The lowest BCUT2D eigenvalue weighted by Gasteiger charge is -2.36. The van der Waals surface area contributed by atoms with Gasteiger partial charge in [-0.15, -0.1) is 0 Å². The lowest BCUT2D eigenvalue weighted by atomic mass is 10.1. The molecule has 0 N–H and O–H groups in total. The molecule has 0 spiro atoms. The van der Waals surface area contributed by atoms with Crippen molar-refractivity contribution in [2.24, 2.45) is 0 Å². The van der Waals surface area contributed by atoms with Crippen LogP contribution in [0.2, 0.25) is 0 Å². The molecule has 0 aromatic heterocycles. The minimum Gasteiger partial charge on any atom is -0.337 e. The average Bonchev–Trinajstić information content (AvgIpc) is 2.81. The van der Waals surface area contributed by atoms with E-state index < -0.39 is 0 Å². The summed E-state index contributed by atoms with van der Waals surface area (Å²) in [6.45, 7) is 6.47. The number of amides is 2. The molecule has 0 radical (unpaired) electrons. The van der Waals surface area contributed by atoms with Crippen molar-refractivity contribution in [3.05, 3.63) is 71.3 Å². The highest BCUT2D eigenvalue weighted by atomic mass is 19.1. The van der Waals surface area contributed by atoms with Crippen molar-refractivity contribution >= 4 is 11.8 Å². The summed E-state index contributed by atoms with van der Waals surface area (Å²) in [5.74, 6) is -0.616. The average molecular weight is 444 g/mol. The Morgan fingerprint density at radius 2 is 1.50 bits per heavy atom. The summed E-state index contributed by atoms with van der Waals surface area (Å²) in [5.41, 5.74) is 1.40. The first-order chi connectivity index (χ1) is 15.5.